The van der Waals surface area contributed by atoms with E-state index in [1.165, 1.54) is 0 Å². The number of hydrogen-bond donors (Lipinski definition) is 1. The second-order valence-electron chi connectivity index (χ2n) is 10.0. The van der Waals surface area contributed by atoms with Crippen molar-refractivity contribution in [3.8, 4) is 5.75 Å². The van der Waals surface area contributed by atoms with Crippen LogP contribution in [-0.4, -0.2) is 29.4 Å². The van der Waals surface area contributed by atoms with E-state index in [-0.39, 0.29) is 11.8 Å². The Bertz CT molecular complexity index is 1450. The molecule has 0 aliphatic heterocycles. The Hall–Kier alpha value is -4.19. The summed E-state index contributed by atoms with van der Waals surface area (Å²) in [5.41, 5.74) is 3.41. The molecule has 1 saturated carbocycles. The molecular formula is C32H33N3O3. The number of anilines is 2. The molecule has 0 saturated heterocycles. The molecule has 1 N–H and O–H groups in total. The van der Waals surface area contributed by atoms with Crippen molar-refractivity contribution in [1.82, 2.24) is 4.98 Å². The smallest absolute Gasteiger partial charge is 0.277 e. The second kappa shape index (κ2) is 10.7. The number of methoxy groups -OCH3 is 1. The monoisotopic (exact) mass is 507 g/mol. The third kappa shape index (κ3) is 4.74. The number of nitrogens with one attached hydrogen (secondary N) is 1. The van der Waals surface area contributed by atoms with Gasteiger partial charge in [0, 0.05) is 16.8 Å². The maximum atomic E-state index is 14.4. The fourth-order valence-electron chi connectivity index (χ4n) is 5.52. The molecule has 1 aromatic heterocycles. The van der Waals surface area contributed by atoms with E-state index in [1.807, 2.05) is 86.6 Å². The molecule has 0 radical (unpaired) electrons. The summed E-state index contributed by atoms with van der Waals surface area (Å²) in [5.74, 6) is 0.224. The van der Waals surface area contributed by atoms with Crippen molar-refractivity contribution in [2.75, 3.05) is 17.3 Å². The first-order chi connectivity index (χ1) is 18.4. The standard InChI is InChI=1S/C32H33N3O3/c1-22-10-9-11-23(2)29(22)34-31(37)32(20-7-4-8-21-32)35(25-15-17-26(38-3)18-16-25)30(36)28-19-14-24-12-5-6-13-27(24)33-28/h5-6,9-19H,4,7-8,20-21H2,1-3H3,(H,34,37). The summed E-state index contributed by atoms with van der Waals surface area (Å²) in [6.07, 6.45) is 3.86. The van der Waals surface area contributed by atoms with Crippen molar-refractivity contribution in [3.05, 3.63) is 95.7 Å². The molecule has 0 unspecified atom stereocenters. The first-order valence-corrected chi connectivity index (χ1v) is 13.1. The van der Waals surface area contributed by atoms with Crippen LogP contribution in [0.3, 0.4) is 0 Å². The van der Waals surface area contributed by atoms with Gasteiger partial charge in [-0.3, -0.25) is 14.5 Å². The highest BCUT2D eigenvalue weighted by atomic mass is 16.5. The molecular weight excluding hydrogens is 474 g/mol. The van der Waals surface area contributed by atoms with E-state index in [9.17, 15) is 9.59 Å². The van der Waals surface area contributed by atoms with Crippen LogP contribution in [0.5, 0.6) is 5.75 Å². The summed E-state index contributed by atoms with van der Waals surface area (Å²) in [4.78, 5) is 35.1. The molecule has 1 aliphatic carbocycles. The lowest BCUT2D eigenvalue weighted by Crippen LogP contribution is -2.60. The lowest BCUT2D eigenvalue weighted by molar-refractivity contribution is -0.122. The fraction of sp³-hybridized carbons (Fsp3) is 0.281. The Labute approximate surface area is 223 Å². The van der Waals surface area contributed by atoms with Gasteiger partial charge in [0.25, 0.3) is 11.8 Å². The van der Waals surface area contributed by atoms with E-state index in [4.69, 9.17) is 9.72 Å². The van der Waals surface area contributed by atoms with Crippen molar-refractivity contribution >= 4 is 34.1 Å². The van der Waals surface area contributed by atoms with Gasteiger partial charge in [-0.25, -0.2) is 4.98 Å². The zero-order chi connectivity index (χ0) is 26.7. The lowest BCUT2D eigenvalue weighted by Gasteiger charge is -2.45. The third-order valence-electron chi connectivity index (χ3n) is 7.60. The minimum atomic E-state index is -1.06. The zero-order valence-corrected chi connectivity index (χ0v) is 22.2. The summed E-state index contributed by atoms with van der Waals surface area (Å²) in [6, 6.07) is 24.7. The maximum Gasteiger partial charge on any atom is 0.277 e. The van der Waals surface area contributed by atoms with Crippen LogP contribution in [0.1, 0.15) is 53.7 Å². The molecule has 0 bridgehead atoms. The number of para-hydroxylation sites is 2. The molecule has 0 atom stereocenters. The van der Waals surface area contributed by atoms with Crippen LogP contribution in [0.2, 0.25) is 0 Å². The summed E-state index contributed by atoms with van der Waals surface area (Å²) in [6.45, 7) is 3.98. The van der Waals surface area contributed by atoms with Gasteiger partial charge in [0.1, 0.15) is 17.0 Å². The van der Waals surface area contributed by atoms with Gasteiger partial charge in [-0.1, -0.05) is 61.7 Å². The molecule has 4 aromatic rings. The van der Waals surface area contributed by atoms with E-state index >= 15 is 0 Å². The minimum Gasteiger partial charge on any atom is -0.497 e. The lowest BCUT2D eigenvalue weighted by atomic mass is 9.78. The first kappa shape index (κ1) is 25.5. The highest BCUT2D eigenvalue weighted by Crippen LogP contribution is 2.40. The Morgan fingerprint density at radius 1 is 0.842 bits per heavy atom. The fourth-order valence-corrected chi connectivity index (χ4v) is 5.52. The van der Waals surface area contributed by atoms with E-state index in [0.29, 0.717) is 30.0 Å². The molecule has 1 heterocycles. The van der Waals surface area contributed by atoms with Gasteiger partial charge in [0.2, 0.25) is 0 Å². The number of amides is 2. The van der Waals surface area contributed by atoms with E-state index < -0.39 is 5.54 Å². The Balaban J connectivity index is 1.64. The molecule has 3 aromatic carbocycles. The van der Waals surface area contributed by atoms with Crippen LogP contribution in [-0.2, 0) is 4.79 Å². The number of aromatic nitrogens is 1. The number of fused-ring (bicyclic) bond motifs is 1. The predicted molar refractivity (Wildman–Crippen MR) is 152 cm³/mol. The molecule has 6 nitrogen and oxygen atoms in total. The number of benzene rings is 3. The highest BCUT2D eigenvalue weighted by molar-refractivity contribution is 6.13. The molecule has 1 fully saturated rings. The number of aryl methyl sites for hydroxylation is 2. The third-order valence-corrected chi connectivity index (χ3v) is 7.60. The number of nitrogens with zero attached hydrogens (tertiary/aromatic N) is 2. The van der Waals surface area contributed by atoms with Gasteiger partial charge < -0.3 is 10.1 Å². The molecule has 2 amide bonds. The summed E-state index contributed by atoms with van der Waals surface area (Å²) < 4.78 is 5.37. The quantitative estimate of drug-likeness (QED) is 0.310. The molecule has 5 rings (SSSR count). The van der Waals surface area contributed by atoms with Crippen molar-refractivity contribution < 1.29 is 14.3 Å². The number of ether oxygens (including phenoxy) is 1. The Morgan fingerprint density at radius 2 is 1.53 bits per heavy atom. The van der Waals surface area contributed by atoms with E-state index in [2.05, 4.69) is 5.32 Å². The second-order valence-corrected chi connectivity index (χ2v) is 10.0. The summed E-state index contributed by atoms with van der Waals surface area (Å²) in [5, 5.41) is 4.18. The van der Waals surface area contributed by atoms with Gasteiger partial charge >= 0.3 is 0 Å². The molecule has 0 spiro atoms. The Kier molecular flexibility index (Phi) is 7.14. The number of pyridine rings is 1. The van der Waals surface area contributed by atoms with Crippen LogP contribution in [0, 0.1) is 13.8 Å². The normalized spacial score (nSPS) is 14.6. The van der Waals surface area contributed by atoms with Gasteiger partial charge in [-0.05, 0) is 74.2 Å². The number of hydrogen-bond acceptors (Lipinski definition) is 4. The zero-order valence-electron chi connectivity index (χ0n) is 22.2. The van der Waals surface area contributed by atoms with Crippen LogP contribution < -0.4 is 15.0 Å². The van der Waals surface area contributed by atoms with Crippen molar-refractivity contribution in [2.24, 2.45) is 0 Å². The SMILES string of the molecule is COc1ccc(N(C(=O)c2ccc3ccccc3n2)C2(C(=O)Nc3c(C)cccc3C)CCCCC2)cc1. The summed E-state index contributed by atoms with van der Waals surface area (Å²) in [7, 11) is 1.61. The highest BCUT2D eigenvalue weighted by Gasteiger charge is 2.48. The average Bonchev–Trinajstić information content (AvgIpc) is 2.95. The van der Waals surface area contributed by atoms with E-state index in [0.717, 1.165) is 47.0 Å². The largest absolute Gasteiger partial charge is 0.497 e. The molecule has 38 heavy (non-hydrogen) atoms. The van der Waals surface area contributed by atoms with Gasteiger partial charge in [-0.15, -0.1) is 0 Å². The van der Waals surface area contributed by atoms with Gasteiger partial charge in [0.15, 0.2) is 0 Å². The van der Waals surface area contributed by atoms with Crippen LogP contribution >= 0.6 is 0 Å². The molecule has 194 valence electrons. The maximum absolute atomic E-state index is 14.4. The van der Waals surface area contributed by atoms with Gasteiger partial charge in [-0.2, -0.15) is 0 Å². The average molecular weight is 508 g/mol. The van der Waals surface area contributed by atoms with E-state index in [1.54, 1.807) is 18.1 Å². The van der Waals surface area contributed by atoms with Crippen molar-refractivity contribution in [3.63, 3.8) is 0 Å². The number of carbonyl (C=O) groups is 2. The van der Waals surface area contributed by atoms with Crippen LogP contribution in [0.15, 0.2) is 78.9 Å². The van der Waals surface area contributed by atoms with Crippen LogP contribution in [0.4, 0.5) is 11.4 Å². The predicted octanol–water partition coefficient (Wildman–Crippen LogP) is 6.85. The van der Waals surface area contributed by atoms with Gasteiger partial charge in [0.05, 0.1) is 12.6 Å². The number of carbonyl (C=O) groups excluding carboxylic acids is 2. The van der Waals surface area contributed by atoms with Crippen molar-refractivity contribution in [1.29, 1.82) is 0 Å². The Morgan fingerprint density at radius 3 is 2.21 bits per heavy atom. The summed E-state index contributed by atoms with van der Waals surface area (Å²) >= 11 is 0. The number of rotatable bonds is 6. The molecule has 1 aliphatic rings. The first-order valence-electron chi connectivity index (χ1n) is 13.1. The topological polar surface area (TPSA) is 71.5 Å². The van der Waals surface area contributed by atoms with Crippen molar-refractivity contribution in [2.45, 2.75) is 51.5 Å². The molecule has 6 heteroatoms. The minimum absolute atomic E-state index is 0.167. The van der Waals surface area contributed by atoms with Crippen LogP contribution in [0.25, 0.3) is 10.9 Å².